The number of fused-ring (bicyclic) bond motifs is 1. The Labute approximate surface area is 85.9 Å². The van der Waals surface area contributed by atoms with E-state index in [4.69, 9.17) is 4.52 Å². The third kappa shape index (κ3) is 1.22. The molecule has 0 aliphatic rings. The van der Waals surface area contributed by atoms with Crippen LogP contribution in [0.3, 0.4) is 0 Å². The van der Waals surface area contributed by atoms with E-state index in [2.05, 4.69) is 15.1 Å². The minimum atomic E-state index is 0.577. The Morgan fingerprint density at radius 3 is 3.00 bits per heavy atom. The van der Waals surface area contributed by atoms with Crippen molar-refractivity contribution in [1.82, 2.24) is 15.1 Å². The lowest BCUT2D eigenvalue weighted by atomic mass is 10.1. The van der Waals surface area contributed by atoms with E-state index < -0.39 is 0 Å². The van der Waals surface area contributed by atoms with Gasteiger partial charge in [-0.05, 0) is 12.1 Å². The lowest BCUT2D eigenvalue weighted by Gasteiger charge is -1.96. The first-order chi connectivity index (χ1) is 7.34. The number of aromatic nitrogens is 3. The molecule has 2 heterocycles. The lowest BCUT2D eigenvalue weighted by molar-refractivity contribution is 0.394. The second kappa shape index (κ2) is 2.95. The highest BCUT2D eigenvalue weighted by atomic mass is 16.5. The molecular formula is C11H9N3O. The Kier molecular flexibility index (Phi) is 1.62. The van der Waals surface area contributed by atoms with Gasteiger partial charge in [0.2, 0.25) is 11.7 Å². The van der Waals surface area contributed by atoms with Crippen LogP contribution < -0.4 is 0 Å². The van der Waals surface area contributed by atoms with Crippen molar-refractivity contribution >= 4 is 10.9 Å². The van der Waals surface area contributed by atoms with Gasteiger partial charge in [0.1, 0.15) is 0 Å². The number of hydrogen-bond donors (Lipinski definition) is 1. The zero-order valence-corrected chi connectivity index (χ0v) is 8.19. The first-order valence-electron chi connectivity index (χ1n) is 4.71. The summed E-state index contributed by atoms with van der Waals surface area (Å²) >= 11 is 0. The molecule has 0 amide bonds. The van der Waals surface area contributed by atoms with E-state index in [0.717, 1.165) is 16.5 Å². The largest absolute Gasteiger partial charge is 0.361 e. The Hall–Kier alpha value is -2.10. The van der Waals surface area contributed by atoms with Crippen molar-refractivity contribution in [3.8, 4) is 11.4 Å². The first kappa shape index (κ1) is 8.23. The van der Waals surface area contributed by atoms with Crippen LogP contribution in [0.15, 0.2) is 35.0 Å². The predicted octanol–water partition coefficient (Wildman–Crippen LogP) is 2.53. The van der Waals surface area contributed by atoms with Gasteiger partial charge in [0.25, 0.3) is 0 Å². The minimum Gasteiger partial charge on any atom is -0.361 e. The summed E-state index contributed by atoms with van der Waals surface area (Å²) in [4.78, 5) is 7.39. The molecule has 1 aromatic carbocycles. The minimum absolute atomic E-state index is 0.577. The summed E-state index contributed by atoms with van der Waals surface area (Å²) in [5, 5.41) is 5.06. The number of nitrogens with zero attached hydrogens (tertiary/aromatic N) is 2. The van der Waals surface area contributed by atoms with E-state index in [1.165, 1.54) is 0 Å². The Bertz CT molecular complexity index is 609. The van der Waals surface area contributed by atoms with Crippen LogP contribution >= 0.6 is 0 Å². The smallest absolute Gasteiger partial charge is 0.223 e. The summed E-state index contributed by atoms with van der Waals surface area (Å²) < 4.78 is 4.97. The maximum absolute atomic E-state index is 4.97. The van der Waals surface area contributed by atoms with E-state index in [-0.39, 0.29) is 0 Å². The molecule has 0 fully saturated rings. The number of aromatic amines is 1. The van der Waals surface area contributed by atoms with Crippen LogP contribution in [-0.4, -0.2) is 15.1 Å². The second-order valence-electron chi connectivity index (χ2n) is 3.38. The number of H-pyrrole nitrogens is 1. The van der Waals surface area contributed by atoms with E-state index >= 15 is 0 Å². The van der Waals surface area contributed by atoms with Crippen molar-refractivity contribution in [2.24, 2.45) is 0 Å². The molecule has 0 aliphatic carbocycles. The fourth-order valence-corrected chi connectivity index (χ4v) is 1.68. The number of nitrogens with one attached hydrogen (secondary N) is 1. The maximum Gasteiger partial charge on any atom is 0.223 e. The van der Waals surface area contributed by atoms with Crippen LogP contribution in [0.25, 0.3) is 22.3 Å². The van der Waals surface area contributed by atoms with Gasteiger partial charge in [-0.1, -0.05) is 17.3 Å². The molecule has 0 saturated carbocycles. The van der Waals surface area contributed by atoms with Gasteiger partial charge in [-0.25, -0.2) is 0 Å². The predicted molar refractivity (Wildman–Crippen MR) is 56.3 cm³/mol. The highest BCUT2D eigenvalue weighted by Gasteiger charge is 2.09. The summed E-state index contributed by atoms with van der Waals surface area (Å²) in [5.74, 6) is 1.20. The van der Waals surface area contributed by atoms with E-state index in [0.29, 0.717) is 11.7 Å². The third-order valence-electron chi connectivity index (χ3n) is 2.36. The van der Waals surface area contributed by atoms with Crippen molar-refractivity contribution < 1.29 is 4.52 Å². The molecule has 0 aliphatic heterocycles. The highest BCUT2D eigenvalue weighted by Crippen LogP contribution is 2.24. The van der Waals surface area contributed by atoms with Crippen molar-refractivity contribution in [1.29, 1.82) is 0 Å². The quantitative estimate of drug-likeness (QED) is 0.655. The molecule has 1 N–H and O–H groups in total. The Balaban J connectivity index is 2.30. The summed E-state index contributed by atoms with van der Waals surface area (Å²) in [6.45, 7) is 1.78. The van der Waals surface area contributed by atoms with Gasteiger partial charge in [-0.3, -0.25) is 0 Å². The number of benzene rings is 1. The summed E-state index contributed by atoms with van der Waals surface area (Å²) in [5.41, 5.74) is 2.01. The molecule has 4 nitrogen and oxygen atoms in total. The number of rotatable bonds is 1. The summed E-state index contributed by atoms with van der Waals surface area (Å²) in [6.07, 6.45) is 1.90. The highest BCUT2D eigenvalue weighted by molar-refractivity contribution is 5.92. The van der Waals surface area contributed by atoms with Crippen molar-refractivity contribution in [2.45, 2.75) is 6.92 Å². The van der Waals surface area contributed by atoms with Crippen molar-refractivity contribution in [2.75, 3.05) is 0 Å². The molecule has 0 spiro atoms. The fourth-order valence-electron chi connectivity index (χ4n) is 1.68. The molecule has 0 bridgehead atoms. The van der Waals surface area contributed by atoms with Crippen LogP contribution in [0.2, 0.25) is 0 Å². The number of para-hydroxylation sites is 1. The average molecular weight is 199 g/mol. The van der Waals surface area contributed by atoms with E-state index in [1.807, 2.05) is 30.5 Å². The number of aryl methyl sites for hydroxylation is 1. The summed E-state index contributed by atoms with van der Waals surface area (Å²) in [7, 11) is 0. The molecule has 2 aromatic heterocycles. The fraction of sp³-hybridized carbons (Fsp3) is 0.0909. The number of hydrogen-bond acceptors (Lipinski definition) is 3. The molecule has 74 valence electrons. The molecule has 3 aromatic rings. The average Bonchev–Trinajstić information content (AvgIpc) is 2.84. The van der Waals surface area contributed by atoms with Crippen molar-refractivity contribution in [3.05, 3.63) is 36.4 Å². The zero-order chi connectivity index (χ0) is 10.3. The molecular weight excluding hydrogens is 190 g/mol. The van der Waals surface area contributed by atoms with Gasteiger partial charge in [0.05, 0.1) is 5.52 Å². The van der Waals surface area contributed by atoms with Gasteiger partial charge >= 0.3 is 0 Å². The van der Waals surface area contributed by atoms with Crippen LogP contribution in [0.1, 0.15) is 5.89 Å². The molecule has 4 heteroatoms. The maximum atomic E-state index is 4.97. The van der Waals surface area contributed by atoms with E-state index in [9.17, 15) is 0 Å². The van der Waals surface area contributed by atoms with Crippen LogP contribution in [0, 0.1) is 6.92 Å². The van der Waals surface area contributed by atoms with Gasteiger partial charge < -0.3 is 9.51 Å². The molecule has 0 radical (unpaired) electrons. The first-order valence-corrected chi connectivity index (χ1v) is 4.71. The van der Waals surface area contributed by atoms with Crippen LogP contribution in [0.4, 0.5) is 0 Å². The van der Waals surface area contributed by atoms with Crippen LogP contribution in [-0.2, 0) is 0 Å². The normalized spacial score (nSPS) is 11.0. The molecule has 0 unspecified atom stereocenters. The zero-order valence-electron chi connectivity index (χ0n) is 8.19. The SMILES string of the molecule is Cc1nc(-c2cccc3cc[nH]c23)no1. The van der Waals surface area contributed by atoms with Crippen molar-refractivity contribution in [3.63, 3.8) is 0 Å². The lowest BCUT2D eigenvalue weighted by Crippen LogP contribution is -1.82. The topological polar surface area (TPSA) is 54.7 Å². The standard InChI is InChI=1S/C11H9N3O/c1-7-13-11(14-15-7)9-4-2-3-8-5-6-12-10(8)9/h2-6,12H,1H3. The second-order valence-corrected chi connectivity index (χ2v) is 3.38. The van der Waals surface area contributed by atoms with E-state index in [1.54, 1.807) is 6.92 Å². The monoisotopic (exact) mass is 199 g/mol. The molecule has 3 rings (SSSR count). The van der Waals surface area contributed by atoms with Gasteiger partial charge in [-0.15, -0.1) is 0 Å². The Morgan fingerprint density at radius 2 is 2.20 bits per heavy atom. The van der Waals surface area contributed by atoms with Gasteiger partial charge in [0.15, 0.2) is 0 Å². The molecule has 15 heavy (non-hydrogen) atoms. The molecule has 0 atom stereocenters. The molecule has 0 saturated heterocycles. The summed E-state index contributed by atoms with van der Waals surface area (Å²) in [6, 6.07) is 8.02. The Morgan fingerprint density at radius 1 is 1.27 bits per heavy atom. The van der Waals surface area contributed by atoms with Crippen LogP contribution in [0.5, 0.6) is 0 Å². The third-order valence-corrected chi connectivity index (χ3v) is 2.36. The van der Waals surface area contributed by atoms with Gasteiger partial charge in [0, 0.05) is 24.1 Å². The van der Waals surface area contributed by atoms with Gasteiger partial charge in [-0.2, -0.15) is 4.98 Å².